The molecule has 0 radical (unpaired) electrons. The van der Waals surface area contributed by atoms with E-state index < -0.39 is 18.4 Å². The van der Waals surface area contributed by atoms with Gasteiger partial charge in [-0.05, 0) is 19.1 Å². The number of aromatic nitrogens is 6. The maximum Gasteiger partial charge on any atom is 0.341 e. The molecule has 0 atom stereocenters. The van der Waals surface area contributed by atoms with Crippen LogP contribution in [0.1, 0.15) is 5.82 Å². The number of benzene rings is 1. The van der Waals surface area contributed by atoms with Crippen molar-refractivity contribution in [3.63, 3.8) is 0 Å². The molecule has 3 N–H and O–H groups in total. The van der Waals surface area contributed by atoms with Crippen LogP contribution >= 0.6 is 0 Å². The van der Waals surface area contributed by atoms with Crippen LogP contribution in [-0.2, 0) is 11.3 Å². The number of nitrogens with two attached hydrogens (primary N) is 1. The summed E-state index contributed by atoms with van der Waals surface area (Å²) in [6.45, 7) is 5.53. The largest absolute Gasteiger partial charge is 0.482 e. The number of carboxylic acids is 1. The van der Waals surface area contributed by atoms with E-state index in [1.165, 1.54) is 10.6 Å². The average Bonchev–Trinajstić information content (AvgIpc) is 3.40. The minimum atomic E-state index is -1.11. The van der Waals surface area contributed by atoms with E-state index in [2.05, 4.69) is 25.1 Å². The standard InChI is InChI=1S/C21H24FN9O3/c1-13-25-20-15-11-24-30(19(15)26-21(23)31(20)27-13)9-6-28-4-7-29(8-5-28)17-3-2-14(10-16(17)22)34-12-18(32)33/h2-3,10-11H,4-9,12H2,1H3,(H2,23,26)(H,32,33). The molecule has 3 aromatic heterocycles. The maximum absolute atomic E-state index is 14.6. The number of carboxylic acid groups (broad SMARTS) is 1. The Morgan fingerprint density at radius 2 is 1.97 bits per heavy atom. The summed E-state index contributed by atoms with van der Waals surface area (Å²) in [4.78, 5) is 23.8. The first-order valence-corrected chi connectivity index (χ1v) is 10.8. The zero-order valence-electron chi connectivity index (χ0n) is 18.6. The van der Waals surface area contributed by atoms with E-state index in [-0.39, 0.29) is 11.7 Å². The Bertz CT molecular complexity index is 1360. The molecule has 1 aromatic carbocycles. The average molecular weight is 469 g/mol. The van der Waals surface area contributed by atoms with Gasteiger partial charge in [0.05, 0.1) is 23.8 Å². The zero-order chi connectivity index (χ0) is 23.8. The number of rotatable bonds is 7. The first kappa shape index (κ1) is 21.8. The molecule has 13 heteroatoms. The third-order valence-electron chi connectivity index (χ3n) is 5.83. The summed E-state index contributed by atoms with van der Waals surface area (Å²) >= 11 is 0. The van der Waals surface area contributed by atoms with Gasteiger partial charge in [-0.1, -0.05) is 0 Å². The summed E-state index contributed by atoms with van der Waals surface area (Å²) in [5, 5.41) is 18.2. The Hall–Kier alpha value is -4.00. The van der Waals surface area contributed by atoms with E-state index >= 15 is 0 Å². The van der Waals surface area contributed by atoms with E-state index in [1.807, 2.05) is 9.58 Å². The van der Waals surface area contributed by atoms with Gasteiger partial charge in [-0.2, -0.15) is 14.6 Å². The fourth-order valence-corrected chi connectivity index (χ4v) is 4.15. The minimum absolute atomic E-state index is 0.196. The van der Waals surface area contributed by atoms with Gasteiger partial charge in [0.15, 0.2) is 17.9 Å². The van der Waals surface area contributed by atoms with Crippen molar-refractivity contribution < 1.29 is 19.0 Å². The van der Waals surface area contributed by atoms with Gasteiger partial charge in [-0.25, -0.2) is 18.9 Å². The second-order valence-electron chi connectivity index (χ2n) is 8.09. The molecule has 1 saturated heterocycles. The van der Waals surface area contributed by atoms with Crippen LogP contribution in [0.3, 0.4) is 0 Å². The monoisotopic (exact) mass is 469 g/mol. The minimum Gasteiger partial charge on any atom is -0.482 e. The van der Waals surface area contributed by atoms with E-state index in [1.54, 1.807) is 25.3 Å². The third kappa shape index (κ3) is 4.17. The molecule has 0 unspecified atom stereocenters. The van der Waals surface area contributed by atoms with Crippen molar-refractivity contribution in [2.75, 3.05) is 50.0 Å². The van der Waals surface area contributed by atoms with Crippen LogP contribution in [0.25, 0.3) is 16.7 Å². The maximum atomic E-state index is 14.6. The normalized spacial score (nSPS) is 14.8. The molecule has 12 nitrogen and oxygen atoms in total. The number of nitrogens with zero attached hydrogens (tertiary/aromatic N) is 8. The van der Waals surface area contributed by atoms with Gasteiger partial charge in [0.25, 0.3) is 0 Å². The lowest BCUT2D eigenvalue weighted by Gasteiger charge is -2.36. The highest BCUT2D eigenvalue weighted by atomic mass is 19.1. The first-order chi connectivity index (χ1) is 16.4. The second kappa shape index (κ2) is 8.74. The van der Waals surface area contributed by atoms with Crippen molar-refractivity contribution in [3.8, 4) is 5.75 Å². The first-order valence-electron chi connectivity index (χ1n) is 10.8. The van der Waals surface area contributed by atoms with Crippen LogP contribution in [0.2, 0.25) is 0 Å². The second-order valence-corrected chi connectivity index (χ2v) is 8.09. The van der Waals surface area contributed by atoms with Crippen molar-refractivity contribution in [3.05, 3.63) is 36.0 Å². The molecule has 178 valence electrons. The predicted molar refractivity (Wildman–Crippen MR) is 121 cm³/mol. The molecular weight excluding hydrogens is 445 g/mol. The summed E-state index contributed by atoms with van der Waals surface area (Å²) in [5.74, 6) is -0.463. The smallest absolute Gasteiger partial charge is 0.341 e. The van der Waals surface area contributed by atoms with Gasteiger partial charge in [0.1, 0.15) is 17.4 Å². The number of nitrogen functional groups attached to an aromatic ring is 1. The lowest BCUT2D eigenvalue weighted by atomic mass is 10.2. The Morgan fingerprint density at radius 3 is 2.71 bits per heavy atom. The van der Waals surface area contributed by atoms with Crippen LogP contribution in [0.5, 0.6) is 5.75 Å². The highest BCUT2D eigenvalue weighted by Crippen LogP contribution is 2.25. The molecule has 1 aliphatic rings. The topological polar surface area (TPSA) is 140 Å². The zero-order valence-corrected chi connectivity index (χ0v) is 18.6. The number of fused-ring (bicyclic) bond motifs is 3. The summed E-state index contributed by atoms with van der Waals surface area (Å²) in [6, 6.07) is 4.43. The fourth-order valence-electron chi connectivity index (χ4n) is 4.15. The molecule has 4 heterocycles. The molecule has 0 spiro atoms. The van der Waals surface area contributed by atoms with Gasteiger partial charge in [-0.3, -0.25) is 4.90 Å². The quantitative estimate of drug-likeness (QED) is 0.399. The van der Waals surface area contributed by atoms with Crippen LogP contribution in [-0.4, -0.2) is 84.7 Å². The predicted octanol–water partition coefficient (Wildman–Crippen LogP) is 0.789. The lowest BCUT2D eigenvalue weighted by molar-refractivity contribution is -0.139. The van der Waals surface area contributed by atoms with Crippen LogP contribution < -0.4 is 15.4 Å². The number of carbonyl (C=O) groups is 1. The van der Waals surface area contributed by atoms with Crippen molar-refractivity contribution in [2.45, 2.75) is 13.5 Å². The Labute approximate surface area is 193 Å². The highest BCUT2D eigenvalue weighted by Gasteiger charge is 2.21. The number of anilines is 2. The lowest BCUT2D eigenvalue weighted by Crippen LogP contribution is -2.47. The van der Waals surface area contributed by atoms with Gasteiger partial charge in [0.2, 0.25) is 5.95 Å². The Morgan fingerprint density at radius 1 is 1.18 bits per heavy atom. The summed E-state index contributed by atoms with van der Waals surface area (Å²) in [6.07, 6.45) is 1.73. The van der Waals surface area contributed by atoms with E-state index in [4.69, 9.17) is 15.6 Å². The third-order valence-corrected chi connectivity index (χ3v) is 5.83. The van der Waals surface area contributed by atoms with Crippen molar-refractivity contribution in [1.82, 2.24) is 34.3 Å². The van der Waals surface area contributed by atoms with Gasteiger partial charge < -0.3 is 20.5 Å². The fraction of sp³-hybridized carbons (Fsp3) is 0.381. The molecule has 0 aliphatic carbocycles. The van der Waals surface area contributed by atoms with Crippen molar-refractivity contribution >= 4 is 34.3 Å². The number of aliphatic carboxylic acids is 1. The molecule has 0 bridgehead atoms. The van der Waals surface area contributed by atoms with Crippen molar-refractivity contribution in [1.29, 1.82) is 0 Å². The number of hydrogen-bond donors (Lipinski definition) is 2. The summed E-state index contributed by atoms with van der Waals surface area (Å²) in [7, 11) is 0. The molecule has 34 heavy (non-hydrogen) atoms. The number of ether oxygens (including phenoxy) is 1. The molecule has 4 aromatic rings. The van der Waals surface area contributed by atoms with Crippen LogP contribution in [0, 0.1) is 12.7 Å². The molecule has 1 aliphatic heterocycles. The SMILES string of the molecule is Cc1nc2c3cnn(CCN4CCN(c5ccc(OCC(=O)O)cc5F)CC4)c3nc(N)n2n1. The molecular formula is C21H24FN9O3. The number of halogens is 1. The molecule has 1 fully saturated rings. The van der Waals surface area contributed by atoms with Gasteiger partial charge in [-0.15, -0.1) is 5.10 Å². The molecule has 0 amide bonds. The number of aryl methyl sites for hydroxylation is 1. The Kier molecular flexibility index (Phi) is 5.61. The van der Waals surface area contributed by atoms with E-state index in [9.17, 15) is 9.18 Å². The molecule has 0 saturated carbocycles. The van der Waals surface area contributed by atoms with Crippen LogP contribution in [0.4, 0.5) is 16.0 Å². The number of piperazine rings is 1. The Balaban J connectivity index is 1.20. The van der Waals surface area contributed by atoms with E-state index in [0.717, 1.165) is 25.0 Å². The molecule has 5 rings (SSSR count). The van der Waals surface area contributed by atoms with Gasteiger partial charge in [0, 0.05) is 38.8 Å². The van der Waals surface area contributed by atoms with Gasteiger partial charge >= 0.3 is 5.97 Å². The number of hydrogen-bond acceptors (Lipinski definition) is 9. The van der Waals surface area contributed by atoms with Crippen molar-refractivity contribution in [2.24, 2.45) is 0 Å². The highest BCUT2D eigenvalue weighted by molar-refractivity contribution is 5.89. The summed E-state index contributed by atoms with van der Waals surface area (Å²) < 4.78 is 22.9. The van der Waals surface area contributed by atoms with E-state index in [0.29, 0.717) is 42.4 Å². The van der Waals surface area contributed by atoms with Crippen LogP contribution in [0.15, 0.2) is 24.4 Å². The summed E-state index contributed by atoms with van der Waals surface area (Å²) in [5.41, 5.74) is 7.84.